The number of carbonyl (C=O) groups is 1. The van der Waals surface area contributed by atoms with Crippen LogP contribution in [-0.2, 0) is 9.53 Å². The van der Waals surface area contributed by atoms with E-state index in [9.17, 15) is 4.79 Å². The molecule has 1 amide bonds. The SMILES string of the molecule is CNC(=O)C1COCCN1c1ccc(N)nn1. The summed E-state index contributed by atoms with van der Waals surface area (Å²) in [7, 11) is 1.60. The summed E-state index contributed by atoms with van der Waals surface area (Å²) in [6.07, 6.45) is 0. The van der Waals surface area contributed by atoms with E-state index in [1.807, 2.05) is 4.90 Å². The van der Waals surface area contributed by atoms with E-state index in [4.69, 9.17) is 10.5 Å². The van der Waals surface area contributed by atoms with Crippen molar-refractivity contribution in [2.24, 2.45) is 0 Å². The van der Waals surface area contributed by atoms with Crippen LogP contribution in [0, 0.1) is 0 Å². The van der Waals surface area contributed by atoms with Gasteiger partial charge in [0.15, 0.2) is 5.82 Å². The molecular formula is C10H15N5O2. The van der Waals surface area contributed by atoms with Crippen molar-refractivity contribution in [2.75, 3.05) is 37.4 Å². The second-order valence-corrected chi connectivity index (χ2v) is 3.71. The zero-order valence-corrected chi connectivity index (χ0v) is 9.59. The Kier molecular flexibility index (Phi) is 3.38. The number of nitrogens with one attached hydrogen (secondary N) is 1. The summed E-state index contributed by atoms with van der Waals surface area (Å²) in [6.45, 7) is 1.53. The number of hydrogen-bond donors (Lipinski definition) is 2. The van der Waals surface area contributed by atoms with E-state index < -0.39 is 0 Å². The molecule has 0 spiro atoms. The molecule has 1 atom stereocenters. The summed E-state index contributed by atoms with van der Waals surface area (Å²) in [5, 5.41) is 10.4. The van der Waals surface area contributed by atoms with Gasteiger partial charge in [0, 0.05) is 13.6 Å². The Morgan fingerprint density at radius 2 is 2.41 bits per heavy atom. The van der Waals surface area contributed by atoms with Gasteiger partial charge in [-0.3, -0.25) is 4.79 Å². The summed E-state index contributed by atoms with van der Waals surface area (Å²) >= 11 is 0. The molecule has 1 aliphatic heterocycles. The van der Waals surface area contributed by atoms with Gasteiger partial charge >= 0.3 is 0 Å². The predicted octanol–water partition coefficient (Wildman–Crippen LogP) is -0.990. The highest BCUT2D eigenvalue weighted by Crippen LogP contribution is 2.17. The summed E-state index contributed by atoms with van der Waals surface area (Å²) < 4.78 is 5.31. The van der Waals surface area contributed by atoms with E-state index in [1.54, 1.807) is 19.2 Å². The lowest BCUT2D eigenvalue weighted by molar-refractivity contribution is -0.124. The van der Waals surface area contributed by atoms with E-state index in [-0.39, 0.29) is 11.9 Å². The molecule has 3 N–H and O–H groups in total. The highest BCUT2D eigenvalue weighted by molar-refractivity contribution is 5.85. The van der Waals surface area contributed by atoms with Crippen LogP contribution in [0.2, 0.25) is 0 Å². The average Bonchev–Trinajstić information content (AvgIpc) is 2.39. The molecule has 0 bridgehead atoms. The van der Waals surface area contributed by atoms with Crippen molar-refractivity contribution >= 4 is 17.5 Å². The van der Waals surface area contributed by atoms with Gasteiger partial charge in [0.2, 0.25) is 5.91 Å². The van der Waals surface area contributed by atoms with Gasteiger partial charge in [-0.25, -0.2) is 0 Å². The first kappa shape index (κ1) is 11.6. The van der Waals surface area contributed by atoms with Crippen LogP contribution < -0.4 is 16.0 Å². The largest absolute Gasteiger partial charge is 0.382 e. The number of ether oxygens (including phenoxy) is 1. The van der Waals surface area contributed by atoms with Crippen molar-refractivity contribution in [2.45, 2.75) is 6.04 Å². The third-order valence-corrected chi connectivity index (χ3v) is 2.64. The number of amides is 1. The minimum atomic E-state index is -0.369. The molecule has 7 nitrogen and oxygen atoms in total. The quantitative estimate of drug-likeness (QED) is 0.686. The fourth-order valence-electron chi connectivity index (χ4n) is 1.75. The van der Waals surface area contributed by atoms with Crippen molar-refractivity contribution in [3.05, 3.63) is 12.1 Å². The molecule has 7 heteroatoms. The Morgan fingerprint density at radius 1 is 1.59 bits per heavy atom. The number of rotatable bonds is 2. The highest BCUT2D eigenvalue weighted by Gasteiger charge is 2.29. The predicted molar refractivity (Wildman–Crippen MR) is 62.5 cm³/mol. The number of nitrogen functional groups attached to an aromatic ring is 1. The second kappa shape index (κ2) is 4.96. The van der Waals surface area contributed by atoms with Crippen molar-refractivity contribution in [1.29, 1.82) is 0 Å². The first-order valence-corrected chi connectivity index (χ1v) is 5.37. The number of hydrogen-bond acceptors (Lipinski definition) is 6. The van der Waals surface area contributed by atoms with Gasteiger partial charge in [0.25, 0.3) is 0 Å². The summed E-state index contributed by atoms with van der Waals surface area (Å²) in [5.41, 5.74) is 5.48. The first-order chi connectivity index (χ1) is 8.22. The van der Waals surface area contributed by atoms with E-state index in [0.29, 0.717) is 31.4 Å². The van der Waals surface area contributed by atoms with Crippen LogP contribution in [0.25, 0.3) is 0 Å². The number of carbonyl (C=O) groups excluding carboxylic acids is 1. The molecule has 0 saturated carbocycles. The van der Waals surface area contributed by atoms with Crippen LogP contribution in [0.15, 0.2) is 12.1 Å². The third kappa shape index (κ3) is 2.44. The van der Waals surface area contributed by atoms with Gasteiger partial charge < -0.3 is 20.7 Å². The van der Waals surface area contributed by atoms with Crippen LogP contribution in [0.4, 0.5) is 11.6 Å². The average molecular weight is 237 g/mol. The maximum atomic E-state index is 11.7. The molecule has 1 unspecified atom stereocenters. The maximum absolute atomic E-state index is 11.7. The van der Waals surface area contributed by atoms with Crippen molar-refractivity contribution in [3.8, 4) is 0 Å². The standard InChI is InChI=1S/C10H15N5O2/c1-12-10(16)7-6-17-5-4-15(7)9-3-2-8(11)13-14-9/h2-3,7H,4-6H2,1H3,(H2,11,13)(H,12,16). The fourth-order valence-corrected chi connectivity index (χ4v) is 1.75. The zero-order valence-electron chi connectivity index (χ0n) is 9.59. The van der Waals surface area contributed by atoms with Gasteiger partial charge in [-0.05, 0) is 12.1 Å². The van der Waals surface area contributed by atoms with Crippen LogP contribution in [0.5, 0.6) is 0 Å². The number of morpholine rings is 1. The maximum Gasteiger partial charge on any atom is 0.244 e. The zero-order chi connectivity index (χ0) is 12.3. The number of likely N-dealkylation sites (N-methyl/N-ethyl adjacent to an activating group) is 1. The Balaban J connectivity index is 2.21. The molecule has 17 heavy (non-hydrogen) atoms. The minimum Gasteiger partial charge on any atom is -0.382 e. The Labute approximate surface area is 98.9 Å². The Morgan fingerprint density at radius 3 is 3.06 bits per heavy atom. The van der Waals surface area contributed by atoms with E-state index in [1.165, 1.54) is 0 Å². The van der Waals surface area contributed by atoms with Crippen LogP contribution in [0.1, 0.15) is 0 Å². The Hall–Kier alpha value is -1.89. The lowest BCUT2D eigenvalue weighted by Gasteiger charge is -2.34. The lowest BCUT2D eigenvalue weighted by atomic mass is 10.2. The van der Waals surface area contributed by atoms with Gasteiger partial charge in [0.05, 0.1) is 13.2 Å². The number of aromatic nitrogens is 2. The van der Waals surface area contributed by atoms with Crippen molar-refractivity contribution in [3.63, 3.8) is 0 Å². The molecule has 1 aliphatic rings. The van der Waals surface area contributed by atoms with Crippen LogP contribution >= 0.6 is 0 Å². The molecule has 1 saturated heterocycles. The monoisotopic (exact) mass is 237 g/mol. The Bertz CT molecular complexity index is 394. The number of anilines is 2. The normalized spacial score (nSPS) is 20.1. The summed E-state index contributed by atoms with van der Waals surface area (Å²) in [4.78, 5) is 13.6. The third-order valence-electron chi connectivity index (χ3n) is 2.64. The smallest absolute Gasteiger partial charge is 0.244 e. The molecular weight excluding hydrogens is 222 g/mol. The second-order valence-electron chi connectivity index (χ2n) is 3.71. The van der Waals surface area contributed by atoms with Crippen molar-refractivity contribution in [1.82, 2.24) is 15.5 Å². The molecule has 1 aromatic rings. The molecule has 0 aromatic carbocycles. The summed E-state index contributed by atoms with van der Waals surface area (Å²) in [5.74, 6) is 0.901. The molecule has 0 radical (unpaired) electrons. The highest BCUT2D eigenvalue weighted by atomic mass is 16.5. The van der Waals surface area contributed by atoms with E-state index in [0.717, 1.165) is 0 Å². The molecule has 2 rings (SSSR count). The first-order valence-electron chi connectivity index (χ1n) is 5.37. The lowest BCUT2D eigenvalue weighted by Crippen LogP contribution is -2.53. The molecule has 2 heterocycles. The van der Waals surface area contributed by atoms with Gasteiger partial charge in [-0.2, -0.15) is 0 Å². The number of nitrogens with two attached hydrogens (primary N) is 1. The van der Waals surface area contributed by atoms with Gasteiger partial charge in [-0.15, -0.1) is 10.2 Å². The minimum absolute atomic E-state index is 0.0941. The molecule has 0 aliphatic carbocycles. The van der Waals surface area contributed by atoms with Gasteiger partial charge in [0.1, 0.15) is 11.9 Å². The fraction of sp³-hybridized carbons (Fsp3) is 0.500. The van der Waals surface area contributed by atoms with E-state index in [2.05, 4.69) is 15.5 Å². The summed E-state index contributed by atoms with van der Waals surface area (Å²) in [6, 6.07) is 3.05. The van der Waals surface area contributed by atoms with Crippen molar-refractivity contribution < 1.29 is 9.53 Å². The number of nitrogens with zero attached hydrogens (tertiary/aromatic N) is 3. The molecule has 92 valence electrons. The molecule has 1 fully saturated rings. The van der Waals surface area contributed by atoms with E-state index >= 15 is 0 Å². The van der Waals surface area contributed by atoms with Crippen LogP contribution in [-0.4, -0.2) is 49.0 Å². The van der Waals surface area contributed by atoms with Gasteiger partial charge in [-0.1, -0.05) is 0 Å². The molecule has 1 aromatic heterocycles. The topological polar surface area (TPSA) is 93.4 Å². The van der Waals surface area contributed by atoms with Crippen LogP contribution in [0.3, 0.4) is 0 Å².